The molecule has 44 heavy (non-hydrogen) atoms. The fraction of sp³-hybridized carbons (Fsp3) is 0.531. The Bertz CT molecular complexity index is 1390. The van der Waals surface area contributed by atoms with Crippen molar-refractivity contribution >= 4 is 35.2 Å². The van der Waals surface area contributed by atoms with Gasteiger partial charge in [-0.25, -0.2) is 4.98 Å². The Morgan fingerprint density at radius 3 is 2.14 bits per heavy atom. The van der Waals surface area contributed by atoms with Crippen molar-refractivity contribution in [2.45, 2.75) is 85.9 Å². The maximum absolute atomic E-state index is 13.7. The lowest BCUT2D eigenvalue weighted by Crippen LogP contribution is -2.59. The van der Waals surface area contributed by atoms with Gasteiger partial charge in [-0.15, -0.1) is 0 Å². The Hall–Kier alpha value is -4.35. The summed E-state index contributed by atoms with van der Waals surface area (Å²) < 4.78 is 5.41. The van der Waals surface area contributed by atoms with Crippen molar-refractivity contribution < 1.29 is 33.2 Å². The van der Waals surface area contributed by atoms with Crippen LogP contribution >= 0.6 is 0 Å². The highest BCUT2D eigenvalue weighted by Gasteiger charge is 2.39. The number of hydrogen-bond acceptors (Lipinski definition) is 8. The molecule has 1 aliphatic rings. The Labute approximate surface area is 257 Å². The third kappa shape index (κ3) is 8.84. The van der Waals surface area contributed by atoms with Crippen molar-refractivity contribution in [2.24, 2.45) is 17.3 Å². The number of carbonyl (C=O) groups excluding carboxylic acids is 6. The van der Waals surface area contributed by atoms with E-state index in [1.807, 2.05) is 13.8 Å². The van der Waals surface area contributed by atoms with Gasteiger partial charge in [-0.3, -0.25) is 28.8 Å². The van der Waals surface area contributed by atoms with Crippen molar-refractivity contribution in [1.82, 2.24) is 26.3 Å². The number of hydrogen-bond donors (Lipinski definition) is 4. The maximum atomic E-state index is 13.7. The third-order valence-electron chi connectivity index (χ3n) is 7.43. The molecule has 0 bridgehead atoms. The van der Waals surface area contributed by atoms with E-state index in [1.54, 1.807) is 52.8 Å². The summed E-state index contributed by atoms with van der Waals surface area (Å²) in [5.41, 5.74) is -0.222. The van der Waals surface area contributed by atoms with Crippen LogP contribution in [-0.2, 0) is 19.2 Å². The molecule has 0 radical (unpaired) electrons. The molecule has 4 atom stereocenters. The zero-order valence-corrected chi connectivity index (χ0v) is 26.4. The monoisotopic (exact) mass is 609 g/mol. The predicted molar refractivity (Wildman–Crippen MR) is 162 cm³/mol. The van der Waals surface area contributed by atoms with Crippen LogP contribution in [0.2, 0.25) is 0 Å². The highest BCUT2D eigenvalue weighted by Crippen LogP contribution is 2.22. The summed E-state index contributed by atoms with van der Waals surface area (Å²) in [7, 11) is 0. The molecule has 4 N–H and O–H groups in total. The second-order valence-electron chi connectivity index (χ2n) is 12.7. The van der Waals surface area contributed by atoms with E-state index in [2.05, 4.69) is 26.3 Å². The normalized spacial score (nSPS) is 16.9. The van der Waals surface area contributed by atoms with Gasteiger partial charge >= 0.3 is 0 Å². The molecular formula is C32H43N5O7. The molecule has 1 saturated heterocycles. The smallest absolute Gasteiger partial charge is 0.289 e. The molecule has 0 aliphatic carbocycles. The Morgan fingerprint density at radius 1 is 0.977 bits per heavy atom. The number of rotatable bonds is 13. The van der Waals surface area contributed by atoms with Crippen molar-refractivity contribution in [3.63, 3.8) is 0 Å². The number of aromatic nitrogens is 1. The van der Waals surface area contributed by atoms with Gasteiger partial charge in [0.05, 0.1) is 11.7 Å². The summed E-state index contributed by atoms with van der Waals surface area (Å²) >= 11 is 0. The first-order chi connectivity index (χ1) is 20.6. The van der Waals surface area contributed by atoms with Crippen LogP contribution in [0.4, 0.5) is 0 Å². The molecule has 12 nitrogen and oxygen atoms in total. The van der Waals surface area contributed by atoms with E-state index in [0.717, 1.165) is 0 Å². The average molecular weight is 610 g/mol. The second-order valence-corrected chi connectivity index (χ2v) is 12.7. The summed E-state index contributed by atoms with van der Waals surface area (Å²) in [6.45, 7) is 12.7. The van der Waals surface area contributed by atoms with Crippen LogP contribution < -0.4 is 21.3 Å². The van der Waals surface area contributed by atoms with Crippen LogP contribution in [0.1, 0.15) is 86.4 Å². The number of nitrogens with one attached hydrogen (secondary N) is 4. The maximum Gasteiger partial charge on any atom is 0.289 e. The molecule has 0 spiro atoms. The number of Topliss-reactive ketones (excluding diaryl/α,β-unsaturated/α-hetero) is 2. The first kappa shape index (κ1) is 34.1. The number of nitrogens with zero attached hydrogens (tertiary/aromatic N) is 1. The molecule has 1 aliphatic heterocycles. The van der Waals surface area contributed by atoms with Gasteiger partial charge in [-0.2, -0.15) is 0 Å². The van der Waals surface area contributed by atoms with Crippen LogP contribution in [0.15, 0.2) is 34.7 Å². The Kier molecular flexibility index (Phi) is 11.2. The first-order valence-corrected chi connectivity index (χ1v) is 14.8. The van der Waals surface area contributed by atoms with E-state index >= 15 is 0 Å². The van der Waals surface area contributed by atoms with Crippen LogP contribution in [0.5, 0.6) is 0 Å². The number of aryl methyl sites for hydroxylation is 2. The zero-order valence-electron chi connectivity index (χ0n) is 26.4. The van der Waals surface area contributed by atoms with E-state index in [1.165, 1.54) is 12.1 Å². The molecule has 2 heterocycles. The third-order valence-corrected chi connectivity index (χ3v) is 7.43. The molecule has 3 rings (SSSR count). The summed E-state index contributed by atoms with van der Waals surface area (Å²) in [6.07, 6.45) is 0.607. The fourth-order valence-electron chi connectivity index (χ4n) is 5.12. The number of ketones is 2. The SMILES string of the molecule is Cc1nc(C)c(C(=O)N[C@H](C(=O)N[C@@H](CC(C)C)C(=O)NC(CC2CCNC2=O)C(=O)C(=O)c2ccccc2)C(C)(C)C)o1. The number of benzene rings is 1. The minimum atomic E-state index is -1.29. The summed E-state index contributed by atoms with van der Waals surface area (Å²) in [6, 6.07) is 4.52. The van der Waals surface area contributed by atoms with Gasteiger partial charge < -0.3 is 25.7 Å². The molecular weight excluding hydrogens is 566 g/mol. The van der Waals surface area contributed by atoms with Gasteiger partial charge in [0.25, 0.3) is 5.91 Å². The topological polar surface area (TPSA) is 177 Å². The summed E-state index contributed by atoms with van der Waals surface area (Å²) in [4.78, 5) is 83.3. The number of oxazole rings is 1. The number of amides is 4. The summed E-state index contributed by atoms with van der Waals surface area (Å²) in [5.74, 6) is -4.11. The summed E-state index contributed by atoms with van der Waals surface area (Å²) in [5, 5.41) is 10.8. The van der Waals surface area contributed by atoms with E-state index in [0.29, 0.717) is 24.6 Å². The van der Waals surface area contributed by atoms with Crippen molar-refractivity contribution in [3.05, 3.63) is 53.2 Å². The molecule has 1 aromatic carbocycles. The average Bonchev–Trinajstić information content (AvgIpc) is 3.52. The van der Waals surface area contributed by atoms with E-state index in [4.69, 9.17) is 4.42 Å². The standard InChI is InChI=1S/C32H43N5O7/c1-17(2)15-23(36-31(43)27(32(5,6)7)37-30(42)26-18(3)34-19(4)44-26)29(41)35-22(16-21-13-14-33-28(21)40)25(39)24(38)20-11-9-8-10-12-20/h8-12,17,21-23,27H,13-16H2,1-7H3,(H,33,40)(H,35,41)(H,36,43)(H,37,42)/t21?,22?,23-,27+/m0/s1. The molecule has 4 amide bonds. The lowest BCUT2D eigenvalue weighted by Gasteiger charge is -2.32. The molecule has 2 unspecified atom stereocenters. The van der Waals surface area contributed by atoms with Gasteiger partial charge in [0, 0.05) is 24.9 Å². The molecule has 1 aromatic heterocycles. The second kappa shape index (κ2) is 14.4. The van der Waals surface area contributed by atoms with Gasteiger partial charge in [-0.05, 0) is 37.5 Å². The zero-order chi connectivity index (χ0) is 32.8. The van der Waals surface area contributed by atoms with E-state index in [-0.39, 0.29) is 36.0 Å². The minimum Gasteiger partial charge on any atom is -0.436 e. The Balaban J connectivity index is 1.84. The highest BCUT2D eigenvalue weighted by molar-refractivity contribution is 6.45. The molecule has 0 saturated carbocycles. The van der Waals surface area contributed by atoms with Crippen LogP contribution in [-0.4, -0.2) is 64.8 Å². The molecule has 238 valence electrons. The van der Waals surface area contributed by atoms with Crippen molar-refractivity contribution in [1.29, 1.82) is 0 Å². The van der Waals surface area contributed by atoms with Crippen molar-refractivity contribution in [3.8, 4) is 0 Å². The lowest BCUT2D eigenvalue weighted by molar-refractivity contribution is -0.133. The minimum absolute atomic E-state index is 0.0126. The largest absolute Gasteiger partial charge is 0.436 e. The Morgan fingerprint density at radius 2 is 1.61 bits per heavy atom. The quantitative estimate of drug-likeness (QED) is 0.198. The number of carbonyl (C=O) groups is 6. The molecule has 1 fully saturated rings. The molecule has 2 aromatic rings. The first-order valence-electron chi connectivity index (χ1n) is 14.8. The van der Waals surface area contributed by atoms with Gasteiger partial charge in [0.1, 0.15) is 12.1 Å². The van der Waals surface area contributed by atoms with Crippen LogP contribution in [0.3, 0.4) is 0 Å². The predicted octanol–water partition coefficient (Wildman–Crippen LogP) is 2.43. The van der Waals surface area contributed by atoms with Gasteiger partial charge in [-0.1, -0.05) is 65.0 Å². The van der Waals surface area contributed by atoms with E-state index in [9.17, 15) is 28.8 Å². The fourth-order valence-corrected chi connectivity index (χ4v) is 5.12. The van der Waals surface area contributed by atoms with Crippen LogP contribution in [0.25, 0.3) is 0 Å². The van der Waals surface area contributed by atoms with E-state index < -0.39 is 58.7 Å². The van der Waals surface area contributed by atoms with Gasteiger partial charge in [0.2, 0.25) is 35.0 Å². The van der Waals surface area contributed by atoms with Gasteiger partial charge in [0.15, 0.2) is 5.89 Å². The lowest BCUT2D eigenvalue weighted by atomic mass is 9.85. The highest BCUT2D eigenvalue weighted by atomic mass is 16.4. The van der Waals surface area contributed by atoms with Crippen LogP contribution in [0, 0.1) is 31.1 Å². The van der Waals surface area contributed by atoms with Crippen molar-refractivity contribution in [2.75, 3.05) is 6.54 Å². The molecule has 12 heteroatoms.